The van der Waals surface area contributed by atoms with Crippen LogP contribution in [0.1, 0.15) is 39.5 Å². The SMILES string of the molecule is CSCCC(CN)N1CCCC(C)(C)CC1. The highest BCUT2D eigenvalue weighted by molar-refractivity contribution is 7.98. The second kappa shape index (κ2) is 6.87. The van der Waals surface area contributed by atoms with Crippen molar-refractivity contribution in [3.63, 3.8) is 0 Å². The smallest absolute Gasteiger partial charge is 0.0226 e. The Kier molecular flexibility index (Phi) is 6.16. The molecule has 0 aromatic rings. The molecular formula is C13H28N2S. The van der Waals surface area contributed by atoms with Gasteiger partial charge in [-0.15, -0.1) is 0 Å². The van der Waals surface area contributed by atoms with Crippen LogP contribution in [-0.2, 0) is 0 Å². The highest BCUT2D eigenvalue weighted by atomic mass is 32.2. The minimum absolute atomic E-state index is 0.535. The molecule has 1 aliphatic rings. The molecule has 1 unspecified atom stereocenters. The number of hydrogen-bond acceptors (Lipinski definition) is 3. The molecule has 1 saturated heterocycles. The summed E-state index contributed by atoms with van der Waals surface area (Å²) in [6.45, 7) is 8.11. The molecule has 3 heteroatoms. The van der Waals surface area contributed by atoms with E-state index in [1.54, 1.807) is 0 Å². The number of thioether (sulfide) groups is 1. The molecule has 1 heterocycles. The molecule has 1 aliphatic heterocycles. The van der Waals surface area contributed by atoms with Crippen LogP contribution in [0.4, 0.5) is 0 Å². The topological polar surface area (TPSA) is 29.3 Å². The van der Waals surface area contributed by atoms with Crippen LogP contribution in [-0.4, -0.2) is 42.6 Å². The summed E-state index contributed by atoms with van der Waals surface area (Å²) in [5, 5.41) is 0. The number of hydrogen-bond donors (Lipinski definition) is 1. The number of nitrogens with zero attached hydrogens (tertiary/aromatic N) is 1. The van der Waals surface area contributed by atoms with Crippen LogP contribution < -0.4 is 5.73 Å². The van der Waals surface area contributed by atoms with Crippen LogP contribution in [0.5, 0.6) is 0 Å². The first kappa shape index (κ1) is 14.3. The summed E-state index contributed by atoms with van der Waals surface area (Å²) >= 11 is 1.93. The van der Waals surface area contributed by atoms with E-state index in [1.165, 1.54) is 44.5 Å². The van der Waals surface area contributed by atoms with E-state index in [0.717, 1.165) is 6.54 Å². The Morgan fingerprint density at radius 1 is 1.31 bits per heavy atom. The van der Waals surface area contributed by atoms with E-state index in [9.17, 15) is 0 Å². The van der Waals surface area contributed by atoms with E-state index in [0.29, 0.717) is 11.5 Å². The highest BCUT2D eigenvalue weighted by Crippen LogP contribution is 2.30. The monoisotopic (exact) mass is 244 g/mol. The van der Waals surface area contributed by atoms with Gasteiger partial charge in [0.1, 0.15) is 0 Å². The van der Waals surface area contributed by atoms with Crippen LogP contribution in [0.15, 0.2) is 0 Å². The summed E-state index contributed by atoms with van der Waals surface area (Å²) in [6, 6.07) is 0.612. The molecule has 0 bridgehead atoms. The number of nitrogens with two attached hydrogens (primary N) is 1. The molecule has 1 fully saturated rings. The first-order chi connectivity index (χ1) is 7.59. The van der Waals surface area contributed by atoms with Crippen LogP contribution in [0.3, 0.4) is 0 Å². The van der Waals surface area contributed by atoms with Crippen molar-refractivity contribution < 1.29 is 0 Å². The van der Waals surface area contributed by atoms with Gasteiger partial charge in [-0.1, -0.05) is 13.8 Å². The third kappa shape index (κ3) is 4.64. The molecular weight excluding hydrogens is 216 g/mol. The Hall–Kier alpha value is 0.270. The van der Waals surface area contributed by atoms with Gasteiger partial charge in [-0.05, 0) is 56.2 Å². The third-order valence-corrected chi connectivity index (χ3v) is 4.46. The van der Waals surface area contributed by atoms with Gasteiger partial charge in [0.15, 0.2) is 0 Å². The van der Waals surface area contributed by atoms with Crippen molar-refractivity contribution in [2.45, 2.75) is 45.6 Å². The first-order valence-electron chi connectivity index (χ1n) is 6.52. The minimum atomic E-state index is 0.535. The molecule has 2 nitrogen and oxygen atoms in total. The van der Waals surface area contributed by atoms with Crippen molar-refractivity contribution in [3.8, 4) is 0 Å². The third-order valence-electron chi connectivity index (χ3n) is 3.82. The Labute approximate surface area is 105 Å². The molecule has 16 heavy (non-hydrogen) atoms. The van der Waals surface area contributed by atoms with Gasteiger partial charge < -0.3 is 5.73 Å². The van der Waals surface area contributed by atoms with Crippen LogP contribution in [0.25, 0.3) is 0 Å². The molecule has 0 saturated carbocycles. The summed E-state index contributed by atoms with van der Waals surface area (Å²) < 4.78 is 0. The number of rotatable bonds is 5. The maximum Gasteiger partial charge on any atom is 0.0226 e. The zero-order chi connectivity index (χ0) is 12.0. The van der Waals surface area contributed by atoms with Crippen molar-refractivity contribution >= 4 is 11.8 Å². The van der Waals surface area contributed by atoms with Crippen LogP contribution >= 0.6 is 11.8 Å². The molecule has 0 amide bonds. The van der Waals surface area contributed by atoms with Gasteiger partial charge in [-0.3, -0.25) is 4.90 Å². The fraction of sp³-hybridized carbons (Fsp3) is 1.00. The maximum absolute atomic E-state index is 5.91. The maximum atomic E-state index is 5.91. The lowest BCUT2D eigenvalue weighted by Gasteiger charge is -2.30. The standard InChI is InChI=1S/C13H28N2S/c1-13(2)6-4-8-15(9-7-13)12(11-14)5-10-16-3/h12H,4-11,14H2,1-3H3. The van der Waals surface area contributed by atoms with Gasteiger partial charge in [0.25, 0.3) is 0 Å². The molecule has 0 spiro atoms. The van der Waals surface area contributed by atoms with E-state index in [1.807, 2.05) is 11.8 Å². The van der Waals surface area contributed by atoms with E-state index >= 15 is 0 Å². The molecule has 2 N–H and O–H groups in total. The molecule has 1 rings (SSSR count). The fourth-order valence-electron chi connectivity index (χ4n) is 2.51. The van der Waals surface area contributed by atoms with Gasteiger partial charge in [-0.25, -0.2) is 0 Å². The Bertz CT molecular complexity index is 194. The molecule has 0 radical (unpaired) electrons. The summed E-state index contributed by atoms with van der Waals surface area (Å²) in [7, 11) is 0. The van der Waals surface area contributed by atoms with Crippen LogP contribution in [0.2, 0.25) is 0 Å². The lowest BCUT2D eigenvalue weighted by molar-refractivity contribution is 0.195. The number of likely N-dealkylation sites (tertiary alicyclic amines) is 1. The summed E-state index contributed by atoms with van der Waals surface area (Å²) in [5.41, 5.74) is 6.45. The Morgan fingerprint density at radius 2 is 2.06 bits per heavy atom. The van der Waals surface area contributed by atoms with E-state index in [2.05, 4.69) is 25.0 Å². The fourth-order valence-corrected chi connectivity index (χ4v) is 3.02. The lowest BCUT2D eigenvalue weighted by atomic mass is 9.85. The van der Waals surface area contributed by atoms with Gasteiger partial charge in [-0.2, -0.15) is 11.8 Å². The zero-order valence-electron chi connectivity index (χ0n) is 11.2. The average Bonchev–Trinajstić information content (AvgIpc) is 2.41. The average molecular weight is 244 g/mol. The van der Waals surface area contributed by atoms with Crippen molar-refractivity contribution in [1.82, 2.24) is 4.90 Å². The second-order valence-corrected chi connectivity index (χ2v) is 6.71. The molecule has 1 atom stereocenters. The van der Waals surface area contributed by atoms with Gasteiger partial charge >= 0.3 is 0 Å². The van der Waals surface area contributed by atoms with Crippen molar-refractivity contribution in [2.24, 2.45) is 11.1 Å². The zero-order valence-corrected chi connectivity index (χ0v) is 12.0. The van der Waals surface area contributed by atoms with Gasteiger partial charge in [0.05, 0.1) is 0 Å². The Morgan fingerprint density at radius 3 is 2.69 bits per heavy atom. The Balaban J connectivity index is 2.44. The van der Waals surface area contributed by atoms with Crippen molar-refractivity contribution in [1.29, 1.82) is 0 Å². The van der Waals surface area contributed by atoms with Crippen LogP contribution in [0, 0.1) is 5.41 Å². The quantitative estimate of drug-likeness (QED) is 0.806. The first-order valence-corrected chi connectivity index (χ1v) is 7.91. The molecule has 0 aliphatic carbocycles. The molecule has 0 aromatic carbocycles. The lowest BCUT2D eigenvalue weighted by Crippen LogP contribution is -2.41. The molecule has 0 aromatic heterocycles. The second-order valence-electron chi connectivity index (χ2n) is 5.72. The van der Waals surface area contributed by atoms with Gasteiger partial charge in [0.2, 0.25) is 0 Å². The predicted molar refractivity (Wildman–Crippen MR) is 75.0 cm³/mol. The molecule has 96 valence electrons. The van der Waals surface area contributed by atoms with E-state index in [4.69, 9.17) is 5.73 Å². The summed E-state index contributed by atoms with van der Waals surface area (Å²) in [4.78, 5) is 2.63. The van der Waals surface area contributed by atoms with E-state index in [-0.39, 0.29) is 0 Å². The normalized spacial score (nSPS) is 24.0. The largest absolute Gasteiger partial charge is 0.329 e. The predicted octanol–water partition coefficient (Wildman–Crippen LogP) is 2.58. The van der Waals surface area contributed by atoms with Gasteiger partial charge in [0, 0.05) is 12.6 Å². The van der Waals surface area contributed by atoms with E-state index < -0.39 is 0 Å². The highest BCUT2D eigenvalue weighted by Gasteiger charge is 2.25. The van der Waals surface area contributed by atoms with Crippen molar-refractivity contribution in [3.05, 3.63) is 0 Å². The summed E-state index contributed by atoms with van der Waals surface area (Å²) in [5.74, 6) is 1.24. The van der Waals surface area contributed by atoms with Crippen molar-refractivity contribution in [2.75, 3.05) is 31.6 Å². The summed E-state index contributed by atoms with van der Waals surface area (Å²) in [6.07, 6.45) is 7.45. The minimum Gasteiger partial charge on any atom is -0.329 e.